The lowest BCUT2D eigenvalue weighted by molar-refractivity contribution is -0.355. The molecule has 0 aliphatic rings. The Balaban J connectivity index is 4.64. The number of nitrogens with zero attached hydrogens (tertiary/aromatic N) is 1. The van der Waals surface area contributed by atoms with E-state index < -0.39 is 37.3 Å². The summed E-state index contributed by atoms with van der Waals surface area (Å²) in [6, 6.07) is 1.37. The molecule has 0 aliphatic carbocycles. The van der Waals surface area contributed by atoms with E-state index in [1.54, 1.807) is 0 Å². The molecule has 0 amide bonds. The fraction of sp³-hybridized carbons (Fsp3) is 0.857. The number of rotatable bonds is 4. The summed E-state index contributed by atoms with van der Waals surface area (Å²) in [5.74, 6) is -11.2. The molecule has 0 N–H and O–H groups in total. The second-order valence-electron chi connectivity index (χ2n) is 2.79. The zero-order valence-corrected chi connectivity index (χ0v) is 7.21. The molecule has 0 unspecified atom stereocenters. The number of halogens is 7. The smallest absolute Gasteiger partial charge is 0.200 e. The third-order valence-corrected chi connectivity index (χ3v) is 1.59. The van der Waals surface area contributed by atoms with Crippen molar-refractivity contribution in [2.75, 3.05) is 0 Å². The Labute approximate surface area is 80.5 Å². The van der Waals surface area contributed by atoms with E-state index >= 15 is 0 Å². The Bertz CT molecular complexity index is 249. The van der Waals surface area contributed by atoms with Gasteiger partial charge < -0.3 is 0 Å². The Morgan fingerprint density at radius 3 is 1.73 bits per heavy atom. The molecule has 1 nitrogen and oxygen atoms in total. The molecular weight excluding hydrogens is 231 g/mol. The van der Waals surface area contributed by atoms with Crippen LogP contribution in [0.1, 0.15) is 19.3 Å². The van der Waals surface area contributed by atoms with E-state index in [1.165, 1.54) is 6.07 Å². The second-order valence-corrected chi connectivity index (χ2v) is 2.79. The van der Waals surface area contributed by atoms with Crippen LogP contribution in [0.25, 0.3) is 0 Å². The molecule has 0 saturated carbocycles. The van der Waals surface area contributed by atoms with Gasteiger partial charge in [-0.2, -0.15) is 36.0 Å². The van der Waals surface area contributed by atoms with Gasteiger partial charge in [-0.15, -0.1) is 0 Å². The van der Waals surface area contributed by atoms with Crippen molar-refractivity contribution in [3.05, 3.63) is 0 Å². The summed E-state index contributed by atoms with van der Waals surface area (Å²) in [5.41, 5.74) is 0. The molecule has 0 fully saturated rings. The third-order valence-electron chi connectivity index (χ3n) is 1.59. The van der Waals surface area contributed by atoms with Gasteiger partial charge in [0.25, 0.3) is 0 Å². The Hall–Kier alpha value is -1.00. The van der Waals surface area contributed by atoms with Crippen LogP contribution in [0.5, 0.6) is 0 Å². The van der Waals surface area contributed by atoms with Crippen molar-refractivity contribution >= 4 is 0 Å². The van der Waals surface area contributed by atoms with Crippen LogP contribution in [-0.2, 0) is 0 Å². The van der Waals surface area contributed by atoms with Crippen LogP contribution in [0.3, 0.4) is 0 Å². The van der Waals surface area contributed by atoms with E-state index in [4.69, 9.17) is 5.26 Å². The molecule has 0 atom stereocenters. The summed E-state index contributed by atoms with van der Waals surface area (Å²) in [6.07, 6.45) is -9.17. The lowest BCUT2D eigenvalue weighted by atomic mass is 10.0. The first-order valence-electron chi connectivity index (χ1n) is 3.75. The highest BCUT2D eigenvalue weighted by Gasteiger charge is 2.72. The molecule has 0 aromatic carbocycles. The van der Waals surface area contributed by atoms with Crippen LogP contribution in [0, 0.1) is 11.3 Å². The van der Waals surface area contributed by atoms with Gasteiger partial charge in [0.1, 0.15) is 0 Å². The first-order valence-corrected chi connectivity index (χ1v) is 3.75. The van der Waals surface area contributed by atoms with E-state index in [9.17, 15) is 30.7 Å². The van der Waals surface area contributed by atoms with Crippen LogP contribution >= 0.6 is 0 Å². The third kappa shape index (κ3) is 2.97. The molecule has 0 saturated heterocycles. The minimum Gasteiger partial charge on any atom is -0.200 e. The monoisotopic (exact) mass is 237 g/mol. The lowest BCUT2D eigenvalue weighted by Crippen LogP contribution is -2.51. The predicted octanol–water partition coefficient (Wildman–Crippen LogP) is 3.51. The van der Waals surface area contributed by atoms with Crippen molar-refractivity contribution in [1.29, 1.82) is 5.26 Å². The summed E-state index contributed by atoms with van der Waals surface area (Å²) in [5, 5.41) is 7.92. The standard InChI is InChI=1S/C7H6F7N/c8-5(9,3-1-2-4-15)6(10,11)7(12,13)14/h1-3H2. The molecule has 8 heteroatoms. The van der Waals surface area contributed by atoms with Gasteiger partial charge in [-0.3, -0.25) is 0 Å². The van der Waals surface area contributed by atoms with Crippen LogP contribution in [0.15, 0.2) is 0 Å². The summed E-state index contributed by atoms with van der Waals surface area (Å²) in [7, 11) is 0. The van der Waals surface area contributed by atoms with Gasteiger partial charge in [-0.25, -0.2) is 0 Å². The van der Waals surface area contributed by atoms with Crippen molar-refractivity contribution in [1.82, 2.24) is 0 Å². The van der Waals surface area contributed by atoms with E-state index in [0.717, 1.165) is 0 Å². The van der Waals surface area contributed by atoms with E-state index in [0.29, 0.717) is 0 Å². The molecule has 15 heavy (non-hydrogen) atoms. The van der Waals surface area contributed by atoms with Gasteiger partial charge in [-0.1, -0.05) is 0 Å². The van der Waals surface area contributed by atoms with Crippen LogP contribution in [0.4, 0.5) is 30.7 Å². The quantitative estimate of drug-likeness (QED) is 0.542. The van der Waals surface area contributed by atoms with Crippen molar-refractivity contribution in [3.8, 4) is 6.07 Å². The van der Waals surface area contributed by atoms with Crippen LogP contribution in [0.2, 0.25) is 0 Å². The maximum absolute atomic E-state index is 12.4. The highest BCUT2D eigenvalue weighted by molar-refractivity contribution is 4.91. The maximum atomic E-state index is 12.4. The second kappa shape index (κ2) is 4.24. The van der Waals surface area contributed by atoms with Gasteiger partial charge in [0.05, 0.1) is 6.07 Å². The molecular formula is C7H6F7N. The van der Waals surface area contributed by atoms with E-state index in [1.807, 2.05) is 0 Å². The van der Waals surface area contributed by atoms with Crippen LogP contribution in [-0.4, -0.2) is 18.0 Å². The normalized spacial score (nSPS) is 13.7. The number of nitriles is 1. The summed E-state index contributed by atoms with van der Waals surface area (Å²) in [6.45, 7) is 0. The highest BCUT2D eigenvalue weighted by atomic mass is 19.4. The minimum atomic E-state index is -6.29. The first-order chi connectivity index (χ1) is 6.56. The maximum Gasteiger partial charge on any atom is 0.459 e. The largest absolute Gasteiger partial charge is 0.459 e. The van der Waals surface area contributed by atoms with E-state index in [2.05, 4.69) is 0 Å². The Kier molecular flexibility index (Phi) is 3.96. The molecule has 0 aliphatic heterocycles. The molecule has 0 heterocycles. The van der Waals surface area contributed by atoms with Gasteiger partial charge in [0.15, 0.2) is 0 Å². The molecule has 0 aromatic rings. The Morgan fingerprint density at radius 2 is 1.40 bits per heavy atom. The molecule has 0 radical (unpaired) electrons. The number of hydrogen-bond acceptors (Lipinski definition) is 1. The van der Waals surface area contributed by atoms with E-state index in [-0.39, 0.29) is 0 Å². The molecule has 0 bridgehead atoms. The van der Waals surface area contributed by atoms with Crippen molar-refractivity contribution in [3.63, 3.8) is 0 Å². The Morgan fingerprint density at radius 1 is 0.933 bits per heavy atom. The van der Waals surface area contributed by atoms with Gasteiger partial charge in [0, 0.05) is 12.8 Å². The van der Waals surface area contributed by atoms with Crippen LogP contribution < -0.4 is 0 Å². The van der Waals surface area contributed by atoms with Gasteiger partial charge in [-0.05, 0) is 6.42 Å². The number of unbranched alkanes of at least 4 members (excludes halogenated alkanes) is 1. The first kappa shape index (κ1) is 14.0. The van der Waals surface area contributed by atoms with Crippen molar-refractivity contribution in [2.45, 2.75) is 37.3 Å². The topological polar surface area (TPSA) is 23.8 Å². The molecule has 0 rings (SSSR count). The predicted molar refractivity (Wildman–Crippen MR) is 35.4 cm³/mol. The SMILES string of the molecule is N#CCCCC(F)(F)C(F)(F)C(F)(F)F. The van der Waals surface area contributed by atoms with Crippen molar-refractivity contribution in [2.24, 2.45) is 0 Å². The van der Waals surface area contributed by atoms with Gasteiger partial charge >= 0.3 is 18.0 Å². The van der Waals surface area contributed by atoms with Gasteiger partial charge in [0.2, 0.25) is 0 Å². The molecule has 0 aromatic heterocycles. The van der Waals surface area contributed by atoms with Crippen molar-refractivity contribution < 1.29 is 30.7 Å². The molecule has 0 spiro atoms. The minimum absolute atomic E-state index is 0.497. The lowest BCUT2D eigenvalue weighted by Gasteiger charge is -2.27. The number of alkyl halides is 7. The summed E-state index contributed by atoms with van der Waals surface area (Å²) in [4.78, 5) is 0. The highest BCUT2D eigenvalue weighted by Crippen LogP contribution is 2.48. The zero-order valence-electron chi connectivity index (χ0n) is 7.21. The number of hydrogen-bond donors (Lipinski definition) is 0. The fourth-order valence-electron chi connectivity index (χ4n) is 0.754. The average molecular weight is 237 g/mol. The molecule has 88 valence electrons. The summed E-state index contributed by atoms with van der Waals surface area (Å²) >= 11 is 0. The average Bonchev–Trinajstić information content (AvgIpc) is 2.02. The fourth-order valence-corrected chi connectivity index (χ4v) is 0.754. The summed E-state index contributed by atoms with van der Waals surface area (Å²) < 4.78 is 83.9. The zero-order chi connectivity index (χ0) is 12.3.